The van der Waals surface area contributed by atoms with Crippen LogP contribution in [-0.4, -0.2) is 20.1 Å². The quantitative estimate of drug-likeness (QED) is 0.933. The summed E-state index contributed by atoms with van der Waals surface area (Å²) in [4.78, 5) is 0. The number of aromatic nitrogens is 3. The second kappa shape index (κ2) is 5.04. The minimum atomic E-state index is -0.712. The van der Waals surface area contributed by atoms with E-state index in [1.54, 1.807) is 36.1 Å². The van der Waals surface area contributed by atoms with E-state index in [0.717, 1.165) is 0 Å². The molecule has 1 N–H and O–H groups in total. The highest BCUT2D eigenvalue weighted by atomic mass is 35.5. The molecule has 90 valence electrons. The summed E-state index contributed by atoms with van der Waals surface area (Å²) in [6, 6.07) is 5.02. The second-order valence-corrected chi connectivity index (χ2v) is 4.61. The van der Waals surface area contributed by atoms with Crippen LogP contribution in [0.25, 0.3) is 0 Å². The third-order valence-electron chi connectivity index (χ3n) is 2.37. The Balaban J connectivity index is 2.17. The average Bonchev–Trinajstić information content (AvgIpc) is 2.63. The molecule has 1 atom stereocenters. The molecule has 17 heavy (non-hydrogen) atoms. The van der Waals surface area contributed by atoms with E-state index >= 15 is 0 Å². The van der Waals surface area contributed by atoms with E-state index in [0.29, 0.717) is 27.7 Å². The maximum Gasteiger partial charge on any atom is 0.0861 e. The lowest BCUT2D eigenvalue weighted by Crippen LogP contribution is -2.03. The molecule has 0 radical (unpaired) electrons. The number of rotatable bonds is 3. The van der Waals surface area contributed by atoms with Gasteiger partial charge in [-0.25, -0.2) is 0 Å². The first-order chi connectivity index (χ1) is 8.06. The Bertz CT molecular complexity index is 527. The largest absolute Gasteiger partial charge is 0.388 e. The van der Waals surface area contributed by atoms with Crippen molar-refractivity contribution in [2.45, 2.75) is 12.5 Å². The fourth-order valence-corrected chi connectivity index (χ4v) is 2.10. The van der Waals surface area contributed by atoms with Gasteiger partial charge in [0.1, 0.15) is 0 Å². The molecule has 2 aromatic rings. The molecular weight excluding hydrogens is 261 g/mol. The summed E-state index contributed by atoms with van der Waals surface area (Å²) < 4.78 is 1.59. The van der Waals surface area contributed by atoms with Gasteiger partial charge in [-0.2, -0.15) is 0 Å². The highest BCUT2D eigenvalue weighted by Gasteiger charge is 2.14. The number of aliphatic hydroxyl groups is 1. The molecule has 0 fully saturated rings. The normalized spacial score (nSPS) is 12.7. The van der Waals surface area contributed by atoms with Gasteiger partial charge in [0.2, 0.25) is 0 Å². The lowest BCUT2D eigenvalue weighted by atomic mass is 10.1. The van der Waals surface area contributed by atoms with Gasteiger partial charge in [0.05, 0.1) is 11.8 Å². The monoisotopic (exact) mass is 271 g/mol. The molecule has 0 spiro atoms. The number of aryl methyl sites for hydroxylation is 1. The number of nitrogens with zero attached hydrogens (tertiary/aromatic N) is 3. The standard InChI is InChI=1S/C11H11Cl2N3O/c1-16-6-8(14-15-16)5-11(17)9-3-2-7(12)4-10(9)13/h2-4,6,11,17H,5H2,1H3. The van der Waals surface area contributed by atoms with Crippen molar-refractivity contribution in [2.75, 3.05) is 0 Å². The average molecular weight is 272 g/mol. The van der Waals surface area contributed by atoms with Crippen LogP contribution >= 0.6 is 23.2 Å². The van der Waals surface area contributed by atoms with Gasteiger partial charge in [-0.15, -0.1) is 5.10 Å². The van der Waals surface area contributed by atoms with Crippen LogP contribution in [0.1, 0.15) is 17.4 Å². The fourth-order valence-electron chi connectivity index (χ4n) is 1.57. The van der Waals surface area contributed by atoms with Gasteiger partial charge < -0.3 is 5.11 Å². The topological polar surface area (TPSA) is 50.9 Å². The van der Waals surface area contributed by atoms with Crippen molar-refractivity contribution in [2.24, 2.45) is 7.05 Å². The SMILES string of the molecule is Cn1cc(CC(O)c2ccc(Cl)cc2Cl)nn1. The molecule has 1 unspecified atom stereocenters. The molecular formula is C11H11Cl2N3O. The Morgan fingerprint density at radius 2 is 2.18 bits per heavy atom. The van der Waals surface area contributed by atoms with Crippen molar-refractivity contribution < 1.29 is 5.11 Å². The molecule has 1 heterocycles. The second-order valence-electron chi connectivity index (χ2n) is 3.77. The van der Waals surface area contributed by atoms with E-state index in [1.165, 1.54) is 0 Å². The Morgan fingerprint density at radius 1 is 1.41 bits per heavy atom. The maximum absolute atomic E-state index is 10.1. The molecule has 0 amide bonds. The van der Waals surface area contributed by atoms with Crippen molar-refractivity contribution in [3.63, 3.8) is 0 Å². The van der Waals surface area contributed by atoms with E-state index in [4.69, 9.17) is 23.2 Å². The van der Waals surface area contributed by atoms with E-state index < -0.39 is 6.10 Å². The zero-order valence-corrected chi connectivity index (χ0v) is 10.7. The molecule has 4 nitrogen and oxygen atoms in total. The highest BCUT2D eigenvalue weighted by molar-refractivity contribution is 6.35. The number of hydrogen-bond donors (Lipinski definition) is 1. The molecule has 0 bridgehead atoms. The molecule has 2 rings (SSSR count). The summed E-state index contributed by atoms with van der Waals surface area (Å²) in [5.41, 5.74) is 1.35. The third kappa shape index (κ3) is 2.97. The minimum Gasteiger partial charge on any atom is -0.388 e. The summed E-state index contributed by atoms with van der Waals surface area (Å²) >= 11 is 11.8. The first-order valence-electron chi connectivity index (χ1n) is 5.04. The van der Waals surface area contributed by atoms with Crippen molar-refractivity contribution in [3.8, 4) is 0 Å². The highest BCUT2D eigenvalue weighted by Crippen LogP contribution is 2.27. The van der Waals surface area contributed by atoms with E-state index in [2.05, 4.69) is 10.3 Å². The molecule has 1 aromatic heterocycles. The lowest BCUT2D eigenvalue weighted by molar-refractivity contribution is 0.177. The third-order valence-corrected chi connectivity index (χ3v) is 2.94. The molecule has 0 aliphatic heterocycles. The zero-order chi connectivity index (χ0) is 12.4. The Hall–Kier alpha value is -1.10. The van der Waals surface area contributed by atoms with Gasteiger partial charge in [-0.05, 0) is 17.7 Å². The van der Waals surface area contributed by atoms with Crippen LogP contribution in [0.3, 0.4) is 0 Å². The van der Waals surface area contributed by atoms with E-state index in [9.17, 15) is 5.11 Å². The number of aliphatic hydroxyl groups excluding tert-OH is 1. The van der Waals surface area contributed by atoms with Crippen molar-refractivity contribution in [1.29, 1.82) is 0 Å². The van der Waals surface area contributed by atoms with E-state index in [1.807, 2.05) is 0 Å². The van der Waals surface area contributed by atoms with Crippen molar-refractivity contribution in [1.82, 2.24) is 15.0 Å². The van der Waals surface area contributed by atoms with E-state index in [-0.39, 0.29) is 0 Å². The van der Waals surface area contributed by atoms with Crippen molar-refractivity contribution in [3.05, 3.63) is 45.7 Å². The van der Waals surface area contributed by atoms with Gasteiger partial charge >= 0.3 is 0 Å². The van der Waals surface area contributed by atoms with Crippen LogP contribution in [0.15, 0.2) is 24.4 Å². The van der Waals surface area contributed by atoms with Crippen LogP contribution in [-0.2, 0) is 13.5 Å². The minimum absolute atomic E-state index is 0.370. The van der Waals surface area contributed by atoms with Gasteiger partial charge in [0.15, 0.2) is 0 Å². The first kappa shape index (κ1) is 12.4. The van der Waals surface area contributed by atoms with Crippen LogP contribution in [0, 0.1) is 0 Å². The fraction of sp³-hybridized carbons (Fsp3) is 0.273. The van der Waals surface area contributed by atoms with Crippen molar-refractivity contribution >= 4 is 23.2 Å². The van der Waals surface area contributed by atoms with Gasteiger partial charge in [0.25, 0.3) is 0 Å². The lowest BCUT2D eigenvalue weighted by Gasteiger charge is -2.11. The van der Waals surface area contributed by atoms with Gasteiger partial charge in [-0.3, -0.25) is 4.68 Å². The predicted molar refractivity (Wildman–Crippen MR) is 66.1 cm³/mol. The number of halogens is 2. The summed E-state index contributed by atoms with van der Waals surface area (Å²) in [5, 5.41) is 18.8. The number of hydrogen-bond acceptors (Lipinski definition) is 3. The molecule has 0 saturated heterocycles. The maximum atomic E-state index is 10.1. The Morgan fingerprint density at radius 3 is 2.76 bits per heavy atom. The summed E-state index contributed by atoms with van der Waals surface area (Å²) in [6.45, 7) is 0. The smallest absolute Gasteiger partial charge is 0.0861 e. The number of benzene rings is 1. The van der Waals surface area contributed by atoms with Crippen LogP contribution < -0.4 is 0 Å². The van der Waals surface area contributed by atoms with Crippen LogP contribution in [0.4, 0.5) is 0 Å². The van der Waals surface area contributed by atoms with Gasteiger partial charge in [0, 0.05) is 29.7 Å². The molecule has 0 aliphatic rings. The Labute approximate surface area is 109 Å². The summed E-state index contributed by atoms with van der Waals surface area (Å²) in [6.07, 6.45) is 1.42. The van der Waals surface area contributed by atoms with Gasteiger partial charge in [-0.1, -0.05) is 34.5 Å². The summed E-state index contributed by atoms with van der Waals surface area (Å²) in [5.74, 6) is 0. The first-order valence-corrected chi connectivity index (χ1v) is 5.80. The molecule has 0 aliphatic carbocycles. The zero-order valence-electron chi connectivity index (χ0n) is 9.14. The molecule has 0 saturated carbocycles. The predicted octanol–water partition coefficient (Wildman–Crippen LogP) is 2.40. The molecule has 6 heteroatoms. The summed E-state index contributed by atoms with van der Waals surface area (Å²) in [7, 11) is 1.78. The Kier molecular flexibility index (Phi) is 3.66. The van der Waals surface area contributed by atoms with Crippen LogP contribution in [0.5, 0.6) is 0 Å². The molecule has 1 aromatic carbocycles. The van der Waals surface area contributed by atoms with Crippen LogP contribution in [0.2, 0.25) is 10.0 Å².